The topological polar surface area (TPSA) is 20.3 Å². The zero-order valence-corrected chi connectivity index (χ0v) is 10.9. The number of nitrogens with zero attached hydrogens (tertiary/aromatic N) is 1. The van der Waals surface area contributed by atoms with Crippen molar-refractivity contribution in [1.82, 2.24) is 0 Å². The number of anilines is 1. The number of amides is 1. The lowest BCUT2D eigenvalue weighted by atomic mass is 10.1. The van der Waals surface area contributed by atoms with Crippen LogP contribution in [0.15, 0.2) is 41.8 Å². The minimum Gasteiger partial charge on any atom is -0.311 e. The normalized spacial score (nSPS) is 19.7. The Morgan fingerprint density at radius 2 is 2.29 bits per heavy atom. The van der Waals surface area contributed by atoms with Gasteiger partial charge in [0, 0.05) is 23.8 Å². The summed E-state index contributed by atoms with van der Waals surface area (Å²) in [7, 11) is 0. The molecule has 0 aromatic heterocycles. The van der Waals surface area contributed by atoms with Gasteiger partial charge in [-0.2, -0.15) is 0 Å². The molecule has 1 aliphatic heterocycles. The minimum atomic E-state index is 0.207. The van der Waals surface area contributed by atoms with E-state index in [1.807, 2.05) is 29.2 Å². The molecular formula is C14H17NOS. The van der Waals surface area contributed by atoms with Crippen molar-refractivity contribution in [3.8, 4) is 0 Å². The van der Waals surface area contributed by atoms with Crippen molar-refractivity contribution in [3.05, 3.63) is 36.9 Å². The highest BCUT2D eigenvalue weighted by atomic mass is 32.2. The van der Waals surface area contributed by atoms with Crippen LogP contribution in [-0.4, -0.2) is 18.2 Å². The first kappa shape index (κ1) is 12.2. The molecule has 0 aliphatic carbocycles. The first-order chi connectivity index (χ1) is 8.26. The van der Waals surface area contributed by atoms with Gasteiger partial charge in [0.15, 0.2) is 0 Å². The molecule has 1 aromatic carbocycles. The second kappa shape index (κ2) is 5.41. The molecule has 2 nitrogen and oxygen atoms in total. The molecule has 0 spiro atoms. The molecule has 1 fully saturated rings. The summed E-state index contributed by atoms with van der Waals surface area (Å²) in [5.41, 5.74) is 1.05. The van der Waals surface area contributed by atoms with Gasteiger partial charge in [0.2, 0.25) is 5.91 Å². The molecule has 1 heterocycles. The SMILES string of the molecule is C=CC1CC(=O)N(c2ccccc2SCC)C1. The van der Waals surface area contributed by atoms with Gasteiger partial charge in [0.25, 0.3) is 0 Å². The van der Waals surface area contributed by atoms with Crippen LogP contribution >= 0.6 is 11.8 Å². The predicted octanol–water partition coefficient (Wildman–Crippen LogP) is 3.34. The summed E-state index contributed by atoms with van der Waals surface area (Å²) in [6, 6.07) is 8.12. The molecule has 1 aliphatic rings. The third kappa shape index (κ3) is 2.55. The van der Waals surface area contributed by atoms with Gasteiger partial charge in [-0.3, -0.25) is 4.79 Å². The lowest BCUT2D eigenvalue weighted by Crippen LogP contribution is -2.24. The third-order valence-corrected chi connectivity index (χ3v) is 3.89. The standard InChI is InChI=1S/C14H17NOS/c1-3-11-9-14(16)15(10-11)12-7-5-6-8-13(12)17-4-2/h3,5-8,11H,1,4,9-10H2,2H3. The molecule has 1 amide bonds. The van der Waals surface area contributed by atoms with E-state index in [0.717, 1.165) is 18.0 Å². The Hall–Kier alpha value is -1.22. The van der Waals surface area contributed by atoms with E-state index in [1.54, 1.807) is 11.8 Å². The molecule has 1 aromatic rings. The highest BCUT2D eigenvalue weighted by molar-refractivity contribution is 7.99. The van der Waals surface area contributed by atoms with Crippen LogP contribution < -0.4 is 4.90 Å². The van der Waals surface area contributed by atoms with Crippen LogP contribution in [0, 0.1) is 5.92 Å². The molecule has 1 unspecified atom stereocenters. The summed E-state index contributed by atoms with van der Waals surface area (Å²) in [6.07, 6.45) is 2.47. The Kier molecular flexibility index (Phi) is 3.89. The van der Waals surface area contributed by atoms with E-state index >= 15 is 0 Å². The van der Waals surface area contributed by atoms with Gasteiger partial charge in [-0.15, -0.1) is 18.3 Å². The summed E-state index contributed by atoms with van der Waals surface area (Å²) in [5, 5.41) is 0. The Labute approximate surface area is 107 Å². The lowest BCUT2D eigenvalue weighted by Gasteiger charge is -2.19. The summed E-state index contributed by atoms with van der Waals surface area (Å²) in [6.45, 7) is 6.67. The predicted molar refractivity (Wildman–Crippen MR) is 73.5 cm³/mol. The average molecular weight is 247 g/mol. The van der Waals surface area contributed by atoms with Gasteiger partial charge in [-0.25, -0.2) is 0 Å². The fourth-order valence-electron chi connectivity index (χ4n) is 2.08. The molecule has 90 valence electrons. The van der Waals surface area contributed by atoms with Crippen molar-refractivity contribution in [2.75, 3.05) is 17.2 Å². The van der Waals surface area contributed by atoms with Gasteiger partial charge in [-0.05, 0) is 17.9 Å². The zero-order chi connectivity index (χ0) is 12.3. The number of hydrogen-bond acceptors (Lipinski definition) is 2. The van der Waals surface area contributed by atoms with Crippen molar-refractivity contribution in [2.45, 2.75) is 18.2 Å². The van der Waals surface area contributed by atoms with Crippen molar-refractivity contribution >= 4 is 23.4 Å². The largest absolute Gasteiger partial charge is 0.311 e. The van der Waals surface area contributed by atoms with Crippen LogP contribution in [0.25, 0.3) is 0 Å². The van der Waals surface area contributed by atoms with Crippen LogP contribution in [0.5, 0.6) is 0 Å². The van der Waals surface area contributed by atoms with E-state index < -0.39 is 0 Å². The summed E-state index contributed by atoms with van der Waals surface area (Å²) in [5.74, 6) is 1.52. The molecule has 0 radical (unpaired) electrons. The first-order valence-corrected chi connectivity index (χ1v) is 6.89. The molecular weight excluding hydrogens is 230 g/mol. The summed E-state index contributed by atoms with van der Waals surface area (Å²) < 4.78 is 0. The van der Waals surface area contributed by atoms with Gasteiger partial charge in [0.1, 0.15) is 0 Å². The fraction of sp³-hybridized carbons (Fsp3) is 0.357. The van der Waals surface area contributed by atoms with E-state index in [9.17, 15) is 4.79 Å². The van der Waals surface area contributed by atoms with E-state index in [0.29, 0.717) is 12.3 Å². The summed E-state index contributed by atoms with van der Waals surface area (Å²) in [4.78, 5) is 15.1. The number of rotatable bonds is 4. The highest BCUT2D eigenvalue weighted by Crippen LogP contribution is 2.33. The number of hydrogen-bond donors (Lipinski definition) is 0. The van der Waals surface area contributed by atoms with Crippen molar-refractivity contribution in [3.63, 3.8) is 0 Å². The zero-order valence-electron chi connectivity index (χ0n) is 10.1. The van der Waals surface area contributed by atoms with Crippen LogP contribution in [0.2, 0.25) is 0 Å². The second-order valence-corrected chi connectivity index (χ2v) is 5.41. The van der Waals surface area contributed by atoms with E-state index in [1.165, 1.54) is 4.90 Å². The van der Waals surface area contributed by atoms with Crippen LogP contribution in [0.4, 0.5) is 5.69 Å². The number of thioether (sulfide) groups is 1. The maximum atomic E-state index is 12.0. The quantitative estimate of drug-likeness (QED) is 0.601. The fourth-order valence-corrected chi connectivity index (χ4v) is 2.90. The highest BCUT2D eigenvalue weighted by Gasteiger charge is 2.29. The van der Waals surface area contributed by atoms with Gasteiger partial charge >= 0.3 is 0 Å². The smallest absolute Gasteiger partial charge is 0.227 e. The first-order valence-electron chi connectivity index (χ1n) is 5.91. The van der Waals surface area contributed by atoms with Crippen molar-refractivity contribution in [2.24, 2.45) is 5.92 Å². The second-order valence-electron chi connectivity index (χ2n) is 4.10. The number of carbonyl (C=O) groups is 1. The van der Waals surface area contributed by atoms with Gasteiger partial charge < -0.3 is 4.90 Å². The van der Waals surface area contributed by atoms with Gasteiger partial charge in [0.05, 0.1) is 5.69 Å². The molecule has 2 rings (SSSR count). The lowest BCUT2D eigenvalue weighted by molar-refractivity contribution is -0.117. The van der Waals surface area contributed by atoms with Crippen molar-refractivity contribution in [1.29, 1.82) is 0 Å². The van der Waals surface area contributed by atoms with E-state index in [4.69, 9.17) is 0 Å². The Bertz CT molecular complexity index is 430. The molecule has 3 heteroatoms. The monoisotopic (exact) mass is 247 g/mol. The van der Waals surface area contributed by atoms with Gasteiger partial charge in [-0.1, -0.05) is 25.1 Å². The van der Waals surface area contributed by atoms with E-state index in [-0.39, 0.29) is 5.91 Å². The van der Waals surface area contributed by atoms with Crippen molar-refractivity contribution < 1.29 is 4.79 Å². The number of benzene rings is 1. The number of carbonyl (C=O) groups excluding carboxylic acids is 1. The summed E-state index contributed by atoms with van der Waals surface area (Å²) >= 11 is 1.78. The number of para-hydroxylation sites is 1. The molecule has 1 atom stereocenters. The maximum Gasteiger partial charge on any atom is 0.227 e. The Morgan fingerprint density at radius 3 is 2.94 bits per heavy atom. The van der Waals surface area contributed by atoms with Crippen LogP contribution in [-0.2, 0) is 4.79 Å². The molecule has 17 heavy (non-hydrogen) atoms. The molecule has 0 bridgehead atoms. The minimum absolute atomic E-state index is 0.207. The van der Waals surface area contributed by atoms with E-state index in [2.05, 4.69) is 19.6 Å². The Balaban J connectivity index is 2.27. The average Bonchev–Trinajstić information content (AvgIpc) is 2.72. The molecule has 1 saturated heterocycles. The maximum absolute atomic E-state index is 12.0. The Morgan fingerprint density at radius 1 is 1.53 bits per heavy atom. The molecule has 0 N–H and O–H groups in total. The third-order valence-electron chi connectivity index (χ3n) is 2.94. The molecule has 0 saturated carbocycles. The van der Waals surface area contributed by atoms with Crippen LogP contribution in [0.1, 0.15) is 13.3 Å². The van der Waals surface area contributed by atoms with Crippen LogP contribution in [0.3, 0.4) is 0 Å².